The van der Waals surface area contributed by atoms with E-state index in [0.29, 0.717) is 23.5 Å². The fourth-order valence-electron chi connectivity index (χ4n) is 3.13. The van der Waals surface area contributed by atoms with Crippen LogP contribution in [0.1, 0.15) is 23.2 Å². The summed E-state index contributed by atoms with van der Waals surface area (Å²) < 4.78 is 0. The number of benzene rings is 2. The molecule has 2 aromatic rings. The number of carbonyl (C=O) groups excluding carboxylic acids is 2. The van der Waals surface area contributed by atoms with Gasteiger partial charge in [0.05, 0.1) is 6.54 Å². The predicted octanol–water partition coefficient (Wildman–Crippen LogP) is 3.04. The number of hydrogen-bond donors (Lipinski definition) is 2. The molecular formula is C21H26N4O2. The topological polar surface area (TPSA) is 64.7 Å². The van der Waals surface area contributed by atoms with Crippen LogP contribution in [0.2, 0.25) is 0 Å². The Labute approximate surface area is 160 Å². The van der Waals surface area contributed by atoms with Gasteiger partial charge in [-0.2, -0.15) is 0 Å². The highest BCUT2D eigenvalue weighted by atomic mass is 16.2. The maximum Gasteiger partial charge on any atom is 0.255 e. The van der Waals surface area contributed by atoms with Crippen LogP contribution in [-0.4, -0.2) is 50.4 Å². The van der Waals surface area contributed by atoms with Gasteiger partial charge >= 0.3 is 0 Å². The van der Waals surface area contributed by atoms with Gasteiger partial charge in [0.15, 0.2) is 0 Å². The van der Waals surface area contributed by atoms with Crippen molar-refractivity contribution in [3.05, 3.63) is 54.1 Å². The first-order valence-corrected chi connectivity index (χ1v) is 9.22. The fourth-order valence-corrected chi connectivity index (χ4v) is 3.13. The summed E-state index contributed by atoms with van der Waals surface area (Å²) in [7, 11) is 3.69. The third-order valence-corrected chi connectivity index (χ3v) is 4.49. The van der Waals surface area contributed by atoms with Gasteiger partial charge in [-0.15, -0.1) is 0 Å². The van der Waals surface area contributed by atoms with Crippen molar-refractivity contribution in [3.63, 3.8) is 0 Å². The molecule has 0 aromatic heterocycles. The second-order valence-electron chi connectivity index (χ2n) is 7.06. The van der Waals surface area contributed by atoms with Crippen LogP contribution in [0.4, 0.5) is 17.1 Å². The maximum absolute atomic E-state index is 12.4. The average Bonchev–Trinajstić information content (AvgIpc) is 3.17. The van der Waals surface area contributed by atoms with E-state index in [1.807, 2.05) is 38.4 Å². The lowest BCUT2D eigenvalue weighted by atomic mass is 10.1. The number of anilines is 3. The van der Waals surface area contributed by atoms with Crippen LogP contribution < -0.4 is 15.5 Å². The maximum atomic E-state index is 12.4. The normalized spacial score (nSPS) is 13.7. The summed E-state index contributed by atoms with van der Waals surface area (Å²) in [5.74, 6) is -0.220. The van der Waals surface area contributed by atoms with Gasteiger partial charge in [0.2, 0.25) is 5.91 Å². The van der Waals surface area contributed by atoms with Gasteiger partial charge in [0, 0.05) is 35.7 Å². The van der Waals surface area contributed by atoms with Gasteiger partial charge in [-0.1, -0.05) is 0 Å². The zero-order valence-electron chi connectivity index (χ0n) is 15.9. The van der Waals surface area contributed by atoms with Crippen molar-refractivity contribution in [2.24, 2.45) is 0 Å². The molecule has 0 unspecified atom stereocenters. The molecule has 0 atom stereocenters. The molecule has 6 nitrogen and oxygen atoms in total. The van der Waals surface area contributed by atoms with Crippen LogP contribution in [0.25, 0.3) is 0 Å². The molecule has 0 saturated carbocycles. The van der Waals surface area contributed by atoms with Crippen LogP contribution in [0.15, 0.2) is 48.5 Å². The van der Waals surface area contributed by atoms with E-state index < -0.39 is 0 Å². The fraction of sp³-hybridized carbons (Fsp3) is 0.333. The lowest BCUT2D eigenvalue weighted by Gasteiger charge is -2.17. The van der Waals surface area contributed by atoms with Crippen LogP contribution >= 0.6 is 0 Å². The van der Waals surface area contributed by atoms with Gasteiger partial charge in [0.1, 0.15) is 0 Å². The summed E-state index contributed by atoms with van der Waals surface area (Å²) >= 11 is 0. The number of nitrogens with zero attached hydrogens (tertiary/aromatic N) is 2. The van der Waals surface area contributed by atoms with Crippen molar-refractivity contribution in [2.45, 2.75) is 12.8 Å². The van der Waals surface area contributed by atoms with Crippen molar-refractivity contribution in [3.8, 4) is 0 Å². The van der Waals surface area contributed by atoms with Crippen molar-refractivity contribution in [2.75, 3.05) is 49.3 Å². The number of nitrogens with one attached hydrogen (secondary N) is 2. The lowest BCUT2D eigenvalue weighted by Crippen LogP contribution is -2.27. The van der Waals surface area contributed by atoms with Crippen molar-refractivity contribution < 1.29 is 9.59 Å². The molecule has 1 fully saturated rings. The molecule has 0 spiro atoms. The molecule has 142 valence electrons. The van der Waals surface area contributed by atoms with Gasteiger partial charge in [-0.05, 0) is 75.5 Å². The largest absolute Gasteiger partial charge is 0.372 e. The number of rotatable bonds is 6. The van der Waals surface area contributed by atoms with Crippen molar-refractivity contribution in [1.82, 2.24) is 4.90 Å². The second kappa shape index (κ2) is 8.68. The highest BCUT2D eigenvalue weighted by Gasteiger charge is 2.13. The molecule has 1 aliphatic heterocycles. The minimum absolute atomic E-state index is 0.0742. The summed E-state index contributed by atoms with van der Waals surface area (Å²) in [6, 6.07) is 14.8. The average molecular weight is 366 g/mol. The zero-order chi connectivity index (χ0) is 19.2. The molecule has 1 saturated heterocycles. The summed E-state index contributed by atoms with van der Waals surface area (Å²) in [4.78, 5) is 28.3. The number of hydrogen-bond acceptors (Lipinski definition) is 4. The highest BCUT2D eigenvalue weighted by Crippen LogP contribution is 2.21. The van der Waals surface area contributed by atoms with Crippen LogP contribution in [0, 0.1) is 0 Å². The molecule has 1 heterocycles. The Morgan fingerprint density at radius 3 is 2.00 bits per heavy atom. The Hall–Kier alpha value is -2.86. The van der Waals surface area contributed by atoms with E-state index in [2.05, 4.69) is 15.5 Å². The van der Waals surface area contributed by atoms with Gasteiger partial charge < -0.3 is 20.4 Å². The molecule has 0 radical (unpaired) electrons. The Balaban J connectivity index is 1.56. The van der Waals surface area contributed by atoms with E-state index in [0.717, 1.165) is 13.1 Å². The van der Waals surface area contributed by atoms with E-state index in [1.54, 1.807) is 29.2 Å². The summed E-state index contributed by atoms with van der Waals surface area (Å²) in [5.41, 5.74) is 3.19. The summed E-state index contributed by atoms with van der Waals surface area (Å²) in [5, 5.41) is 5.71. The van der Waals surface area contributed by atoms with Crippen molar-refractivity contribution in [1.29, 1.82) is 0 Å². The third-order valence-electron chi connectivity index (χ3n) is 4.49. The standard InChI is InChI=1S/C21H26N4O2/c1-24(2)15-20(26)22-17-7-9-18(10-8-17)23-21(27)16-5-11-19(12-6-16)25-13-3-4-14-25/h5-12H,3-4,13-15H2,1-2H3,(H,22,26)(H,23,27). The summed E-state index contributed by atoms with van der Waals surface area (Å²) in [6.07, 6.45) is 2.46. The molecule has 27 heavy (non-hydrogen) atoms. The zero-order valence-corrected chi connectivity index (χ0v) is 15.9. The van der Waals surface area contributed by atoms with Crippen LogP contribution in [0.5, 0.6) is 0 Å². The molecular weight excluding hydrogens is 340 g/mol. The third kappa shape index (κ3) is 5.31. The van der Waals surface area contributed by atoms with E-state index in [4.69, 9.17) is 0 Å². The minimum Gasteiger partial charge on any atom is -0.372 e. The van der Waals surface area contributed by atoms with Crippen LogP contribution in [-0.2, 0) is 4.79 Å². The van der Waals surface area contributed by atoms with E-state index in [9.17, 15) is 9.59 Å². The lowest BCUT2D eigenvalue weighted by molar-refractivity contribution is -0.116. The Kier molecular flexibility index (Phi) is 6.08. The first kappa shape index (κ1) is 18.9. The van der Waals surface area contributed by atoms with Crippen LogP contribution in [0.3, 0.4) is 0 Å². The SMILES string of the molecule is CN(C)CC(=O)Nc1ccc(NC(=O)c2ccc(N3CCCC3)cc2)cc1. The molecule has 1 aliphatic rings. The Morgan fingerprint density at radius 1 is 0.889 bits per heavy atom. The molecule has 2 aromatic carbocycles. The molecule has 6 heteroatoms. The predicted molar refractivity (Wildman–Crippen MR) is 109 cm³/mol. The first-order valence-electron chi connectivity index (χ1n) is 9.22. The highest BCUT2D eigenvalue weighted by molar-refractivity contribution is 6.04. The van der Waals surface area contributed by atoms with Gasteiger partial charge in [-0.25, -0.2) is 0 Å². The Morgan fingerprint density at radius 2 is 1.44 bits per heavy atom. The van der Waals surface area contributed by atoms with Crippen molar-refractivity contribution >= 4 is 28.9 Å². The number of likely N-dealkylation sites (N-methyl/N-ethyl adjacent to an activating group) is 1. The smallest absolute Gasteiger partial charge is 0.255 e. The molecule has 0 bridgehead atoms. The van der Waals surface area contributed by atoms with E-state index in [-0.39, 0.29) is 11.8 Å². The van der Waals surface area contributed by atoms with Gasteiger partial charge in [-0.3, -0.25) is 9.59 Å². The first-order chi connectivity index (χ1) is 13.0. The monoisotopic (exact) mass is 366 g/mol. The number of amides is 2. The minimum atomic E-state index is -0.146. The molecule has 2 amide bonds. The quantitative estimate of drug-likeness (QED) is 0.825. The second-order valence-corrected chi connectivity index (χ2v) is 7.06. The van der Waals surface area contributed by atoms with Gasteiger partial charge in [0.25, 0.3) is 5.91 Å². The molecule has 2 N–H and O–H groups in total. The Bertz CT molecular complexity index is 779. The summed E-state index contributed by atoms with van der Waals surface area (Å²) in [6.45, 7) is 2.50. The number of carbonyl (C=O) groups is 2. The van der Waals surface area contributed by atoms with E-state index in [1.165, 1.54) is 18.5 Å². The molecule has 0 aliphatic carbocycles. The molecule has 3 rings (SSSR count). The van der Waals surface area contributed by atoms with E-state index >= 15 is 0 Å².